The van der Waals surface area contributed by atoms with Crippen LogP contribution in [-0.2, 0) is 16.6 Å². The zero-order chi connectivity index (χ0) is 19.0. The Kier molecular flexibility index (Phi) is 5.50. The molecular formula is C23H36N2O2. The lowest BCUT2D eigenvalue weighted by Crippen LogP contribution is -2.58. The van der Waals surface area contributed by atoms with Gasteiger partial charge in [-0.2, -0.15) is 0 Å². The van der Waals surface area contributed by atoms with Gasteiger partial charge in [0.2, 0.25) is 0 Å². The van der Waals surface area contributed by atoms with Gasteiger partial charge >= 0.3 is 0 Å². The van der Waals surface area contributed by atoms with Crippen LogP contribution in [0.5, 0.6) is 5.75 Å². The van der Waals surface area contributed by atoms with E-state index in [0.717, 1.165) is 12.4 Å². The molecule has 1 aromatic carbocycles. The van der Waals surface area contributed by atoms with Crippen LogP contribution in [0.2, 0.25) is 0 Å². The van der Waals surface area contributed by atoms with E-state index in [4.69, 9.17) is 9.47 Å². The molecule has 2 heterocycles. The second kappa shape index (κ2) is 7.73. The van der Waals surface area contributed by atoms with Gasteiger partial charge in [-0.25, -0.2) is 0 Å². The van der Waals surface area contributed by atoms with Gasteiger partial charge in [0.25, 0.3) is 0 Å². The van der Waals surface area contributed by atoms with E-state index < -0.39 is 0 Å². The molecule has 2 bridgehead atoms. The Bertz CT molecular complexity index is 664. The third kappa shape index (κ3) is 3.30. The number of likely N-dealkylation sites (N-methyl/N-ethyl adjacent to an activating group) is 1. The second-order valence-electron chi connectivity index (χ2n) is 9.01. The third-order valence-electron chi connectivity index (χ3n) is 7.91. The maximum atomic E-state index is 5.61. The van der Waals surface area contributed by atoms with Crippen molar-refractivity contribution in [1.82, 2.24) is 9.80 Å². The van der Waals surface area contributed by atoms with E-state index in [1.807, 2.05) is 7.11 Å². The molecule has 1 aliphatic carbocycles. The number of benzene rings is 1. The van der Waals surface area contributed by atoms with Crippen molar-refractivity contribution in [3.05, 3.63) is 29.3 Å². The summed E-state index contributed by atoms with van der Waals surface area (Å²) in [4.78, 5) is 5.28. The third-order valence-corrected chi connectivity index (χ3v) is 7.91. The Hall–Kier alpha value is -1.10. The normalized spacial score (nSPS) is 33.9. The van der Waals surface area contributed by atoms with E-state index in [2.05, 4.69) is 42.0 Å². The number of likely N-dealkylation sites (tertiary alicyclic amines) is 2. The van der Waals surface area contributed by atoms with Gasteiger partial charge in [0.15, 0.2) is 0 Å². The van der Waals surface area contributed by atoms with Crippen LogP contribution in [0.1, 0.15) is 43.7 Å². The molecule has 2 fully saturated rings. The molecule has 0 saturated carbocycles. The van der Waals surface area contributed by atoms with E-state index in [1.165, 1.54) is 51.7 Å². The quantitative estimate of drug-likeness (QED) is 0.765. The van der Waals surface area contributed by atoms with E-state index in [-0.39, 0.29) is 5.41 Å². The first kappa shape index (κ1) is 19.2. The number of hydrogen-bond acceptors (Lipinski definition) is 4. The monoisotopic (exact) mass is 372 g/mol. The molecule has 2 aliphatic heterocycles. The fourth-order valence-corrected chi connectivity index (χ4v) is 6.18. The lowest BCUT2D eigenvalue weighted by Gasteiger charge is -2.56. The molecule has 1 aromatic rings. The van der Waals surface area contributed by atoms with E-state index >= 15 is 0 Å². The largest absolute Gasteiger partial charge is 0.497 e. The summed E-state index contributed by atoms with van der Waals surface area (Å²) in [5, 5.41) is 0. The summed E-state index contributed by atoms with van der Waals surface area (Å²) in [7, 11) is 5.94. The van der Waals surface area contributed by atoms with Crippen molar-refractivity contribution in [2.45, 2.75) is 56.5 Å². The smallest absolute Gasteiger partial charge is 0.119 e. The molecule has 0 spiro atoms. The van der Waals surface area contributed by atoms with Crippen molar-refractivity contribution in [3.8, 4) is 5.75 Å². The molecule has 0 unspecified atom stereocenters. The first-order valence-electron chi connectivity index (χ1n) is 10.7. The summed E-state index contributed by atoms with van der Waals surface area (Å²) < 4.78 is 11.1. The van der Waals surface area contributed by atoms with Crippen LogP contribution >= 0.6 is 0 Å². The highest BCUT2D eigenvalue weighted by atomic mass is 16.5. The van der Waals surface area contributed by atoms with Crippen molar-refractivity contribution in [3.63, 3.8) is 0 Å². The highest BCUT2D eigenvalue weighted by molar-refractivity contribution is 5.45. The number of hydrogen-bond donors (Lipinski definition) is 0. The van der Waals surface area contributed by atoms with Crippen molar-refractivity contribution in [1.29, 1.82) is 0 Å². The number of rotatable bonds is 6. The Morgan fingerprint density at radius 1 is 1.22 bits per heavy atom. The highest BCUT2D eigenvalue weighted by Crippen LogP contribution is 2.51. The van der Waals surface area contributed by atoms with Crippen molar-refractivity contribution in [2.24, 2.45) is 5.92 Å². The molecular weight excluding hydrogens is 336 g/mol. The van der Waals surface area contributed by atoms with Crippen LogP contribution < -0.4 is 4.74 Å². The van der Waals surface area contributed by atoms with Crippen LogP contribution in [0.3, 0.4) is 0 Å². The fourth-order valence-electron chi connectivity index (χ4n) is 6.18. The number of nitrogens with zero attached hydrogens (tertiary/aromatic N) is 2. The van der Waals surface area contributed by atoms with Gasteiger partial charge in [0.05, 0.1) is 13.7 Å². The lowest BCUT2D eigenvalue weighted by atomic mass is 9.56. The van der Waals surface area contributed by atoms with Gasteiger partial charge in [0, 0.05) is 24.6 Å². The van der Waals surface area contributed by atoms with Crippen molar-refractivity contribution in [2.75, 3.05) is 47.5 Å². The lowest BCUT2D eigenvalue weighted by molar-refractivity contribution is 0.0260. The standard InChI is InChI=1S/C23H36N2O2/c1-17-22-14-18-7-8-20(27-4)15-21(18)23(17,9-12-24(22)2)10-13-25-11-5-6-19(25)16-26-3/h7-8,15,17,19,22H,5-6,9-14,16H2,1-4H3/t17-,19-,22+,23+/m0/s1. The summed E-state index contributed by atoms with van der Waals surface area (Å²) in [6.07, 6.45) is 6.27. The van der Waals surface area contributed by atoms with Gasteiger partial charge in [-0.05, 0) is 88.0 Å². The minimum absolute atomic E-state index is 0.277. The summed E-state index contributed by atoms with van der Waals surface area (Å²) in [6.45, 7) is 6.99. The van der Waals surface area contributed by atoms with Crippen molar-refractivity contribution < 1.29 is 9.47 Å². The van der Waals surface area contributed by atoms with Crippen LogP contribution in [-0.4, -0.2) is 69.4 Å². The van der Waals surface area contributed by atoms with Gasteiger partial charge in [-0.3, -0.25) is 4.90 Å². The molecule has 27 heavy (non-hydrogen) atoms. The first-order valence-corrected chi connectivity index (χ1v) is 10.7. The van der Waals surface area contributed by atoms with Gasteiger partial charge in [0.1, 0.15) is 5.75 Å². The van der Waals surface area contributed by atoms with Crippen LogP contribution in [0, 0.1) is 5.92 Å². The Labute approximate surface area is 164 Å². The van der Waals surface area contributed by atoms with Crippen molar-refractivity contribution >= 4 is 0 Å². The molecule has 4 atom stereocenters. The highest BCUT2D eigenvalue weighted by Gasteiger charge is 2.50. The summed E-state index contributed by atoms with van der Waals surface area (Å²) in [6, 6.07) is 8.09. The first-order chi connectivity index (χ1) is 13.1. The zero-order valence-electron chi connectivity index (χ0n) is 17.5. The average Bonchev–Trinajstić information content (AvgIpc) is 3.12. The molecule has 4 nitrogen and oxygen atoms in total. The van der Waals surface area contributed by atoms with Gasteiger partial charge in [-0.15, -0.1) is 0 Å². The molecule has 0 amide bonds. The fraction of sp³-hybridized carbons (Fsp3) is 0.739. The number of fused-ring (bicyclic) bond motifs is 4. The Balaban J connectivity index is 1.64. The molecule has 0 radical (unpaired) electrons. The average molecular weight is 373 g/mol. The SMILES string of the molecule is COC[C@@H]1CCCN1CC[C@@]12CCN(C)[C@H](Cc3ccc(OC)cc31)[C@@H]2C. The molecule has 2 saturated heterocycles. The van der Waals surface area contributed by atoms with Gasteiger partial charge < -0.3 is 14.4 Å². The number of piperidine rings is 1. The van der Waals surface area contributed by atoms with Crippen LogP contribution in [0.15, 0.2) is 18.2 Å². The summed E-state index contributed by atoms with van der Waals surface area (Å²) in [5.41, 5.74) is 3.39. The topological polar surface area (TPSA) is 24.9 Å². The summed E-state index contributed by atoms with van der Waals surface area (Å²) in [5.74, 6) is 1.69. The van der Waals surface area contributed by atoms with E-state index in [9.17, 15) is 0 Å². The maximum Gasteiger partial charge on any atom is 0.119 e. The van der Waals surface area contributed by atoms with Crippen LogP contribution in [0.25, 0.3) is 0 Å². The minimum Gasteiger partial charge on any atom is -0.497 e. The molecule has 0 aromatic heterocycles. The maximum absolute atomic E-state index is 5.61. The summed E-state index contributed by atoms with van der Waals surface area (Å²) >= 11 is 0. The molecule has 4 rings (SSSR count). The van der Waals surface area contributed by atoms with Gasteiger partial charge in [-0.1, -0.05) is 13.0 Å². The molecule has 150 valence electrons. The van der Waals surface area contributed by atoms with Crippen LogP contribution in [0.4, 0.5) is 0 Å². The van der Waals surface area contributed by atoms with E-state index in [1.54, 1.807) is 18.2 Å². The zero-order valence-corrected chi connectivity index (χ0v) is 17.5. The Morgan fingerprint density at radius 2 is 2.07 bits per heavy atom. The Morgan fingerprint density at radius 3 is 2.85 bits per heavy atom. The predicted octanol–water partition coefficient (Wildman–Crippen LogP) is 3.33. The molecule has 4 heteroatoms. The predicted molar refractivity (Wildman–Crippen MR) is 110 cm³/mol. The number of methoxy groups -OCH3 is 2. The molecule has 3 aliphatic rings. The number of ether oxygens (including phenoxy) is 2. The second-order valence-corrected chi connectivity index (χ2v) is 9.01. The minimum atomic E-state index is 0.277. The molecule has 0 N–H and O–H groups in total. The van der Waals surface area contributed by atoms with E-state index in [0.29, 0.717) is 18.0 Å².